The molecule has 18 heavy (non-hydrogen) atoms. The van der Waals surface area contributed by atoms with Gasteiger partial charge in [0.1, 0.15) is 0 Å². The Hall–Kier alpha value is -0.520. The molecule has 1 amide bonds. The highest BCUT2D eigenvalue weighted by molar-refractivity contribution is 9.10. The van der Waals surface area contributed by atoms with Gasteiger partial charge in [-0.2, -0.15) is 0 Å². The maximum atomic E-state index is 12.0. The Morgan fingerprint density at radius 3 is 3.11 bits per heavy atom. The molecule has 0 radical (unpaired) electrons. The predicted molar refractivity (Wildman–Crippen MR) is 76.7 cm³/mol. The Balaban J connectivity index is 1.84. The number of halogens is 1. The smallest absolute Gasteiger partial charge is 0.233 e. The van der Waals surface area contributed by atoms with Gasteiger partial charge in [0.25, 0.3) is 0 Å². The van der Waals surface area contributed by atoms with Gasteiger partial charge in [-0.25, -0.2) is 0 Å². The average Bonchev–Trinajstić information content (AvgIpc) is 2.36. The molecule has 1 aliphatic heterocycles. The molecule has 0 aliphatic carbocycles. The van der Waals surface area contributed by atoms with Gasteiger partial charge in [-0.15, -0.1) is 11.8 Å². The minimum Gasteiger partial charge on any atom is -0.391 e. The van der Waals surface area contributed by atoms with E-state index in [1.165, 1.54) is 11.8 Å². The summed E-state index contributed by atoms with van der Waals surface area (Å²) in [6.45, 7) is 1.26. The van der Waals surface area contributed by atoms with Crippen LogP contribution in [0, 0.1) is 0 Å². The van der Waals surface area contributed by atoms with E-state index < -0.39 is 0 Å². The maximum absolute atomic E-state index is 12.0. The predicted octanol–water partition coefficient (Wildman–Crippen LogP) is 2.52. The molecule has 1 saturated heterocycles. The SMILES string of the molecule is O=C(CSc1cccc(Br)c1)N1CCC[C@H](O)C1. The number of hydrogen-bond donors (Lipinski definition) is 1. The number of nitrogens with zero attached hydrogens (tertiary/aromatic N) is 1. The van der Waals surface area contributed by atoms with E-state index in [-0.39, 0.29) is 12.0 Å². The molecule has 3 nitrogen and oxygen atoms in total. The third-order valence-corrected chi connectivity index (χ3v) is 4.38. The van der Waals surface area contributed by atoms with Crippen molar-refractivity contribution in [2.24, 2.45) is 0 Å². The first-order valence-electron chi connectivity index (χ1n) is 5.99. The average molecular weight is 330 g/mol. The maximum Gasteiger partial charge on any atom is 0.233 e. The normalized spacial score (nSPS) is 19.9. The molecule has 0 aromatic heterocycles. The van der Waals surface area contributed by atoms with Crippen LogP contribution < -0.4 is 0 Å². The lowest BCUT2D eigenvalue weighted by atomic mass is 10.1. The minimum atomic E-state index is -0.349. The van der Waals surface area contributed by atoms with Crippen molar-refractivity contribution in [3.63, 3.8) is 0 Å². The summed E-state index contributed by atoms with van der Waals surface area (Å²) in [5.41, 5.74) is 0. The van der Waals surface area contributed by atoms with E-state index in [2.05, 4.69) is 15.9 Å². The Morgan fingerprint density at radius 2 is 2.39 bits per heavy atom. The Morgan fingerprint density at radius 1 is 1.56 bits per heavy atom. The van der Waals surface area contributed by atoms with Crippen LogP contribution in [0.2, 0.25) is 0 Å². The summed E-state index contributed by atoms with van der Waals surface area (Å²) in [6, 6.07) is 7.92. The lowest BCUT2D eigenvalue weighted by molar-refractivity contribution is -0.131. The van der Waals surface area contributed by atoms with Crippen LogP contribution in [0.1, 0.15) is 12.8 Å². The zero-order valence-corrected chi connectivity index (χ0v) is 12.4. The van der Waals surface area contributed by atoms with Crippen LogP contribution in [0.25, 0.3) is 0 Å². The molecule has 1 aliphatic rings. The fourth-order valence-corrected chi connectivity index (χ4v) is 3.38. The number of carbonyl (C=O) groups is 1. The summed E-state index contributed by atoms with van der Waals surface area (Å²) in [5, 5.41) is 9.54. The molecule has 98 valence electrons. The van der Waals surface area contributed by atoms with E-state index in [1.54, 1.807) is 4.90 Å². The molecule has 1 aromatic rings. The van der Waals surface area contributed by atoms with Crippen LogP contribution in [0.5, 0.6) is 0 Å². The van der Waals surface area contributed by atoms with Gasteiger partial charge in [0.05, 0.1) is 11.9 Å². The topological polar surface area (TPSA) is 40.5 Å². The number of rotatable bonds is 3. The van der Waals surface area contributed by atoms with Gasteiger partial charge >= 0.3 is 0 Å². The van der Waals surface area contributed by atoms with Gasteiger partial charge in [-0.05, 0) is 31.0 Å². The number of β-amino-alcohol motifs (C(OH)–C–C–N with tert-alkyl or cyclic N) is 1. The molecule has 0 bridgehead atoms. The Kier molecular flexibility index (Phi) is 5.09. The first kappa shape index (κ1) is 13.9. The lowest BCUT2D eigenvalue weighted by Crippen LogP contribution is -2.42. The fourth-order valence-electron chi connectivity index (χ4n) is 1.97. The highest BCUT2D eigenvalue weighted by atomic mass is 79.9. The van der Waals surface area contributed by atoms with Crippen molar-refractivity contribution in [2.75, 3.05) is 18.8 Å². The second kappa shape index (κ2) is 6.59. The number of thioether (sulfide) groups is 1. The number of aliphatic hydroxyl groups excluding tert-OH is 1. The van der Waals surface area contributed by atoms with Crippen molar-refractivity contribution >= 4 is 33.6 Å². The van der Waals surface area contributed by atoms with Crippen molar-refractivity contribution in [1.82, 2.24) is 4.90 Å². The molecule has 5 heteroatoms. The lowest BCUT2D eigenvalue weighted by Gasteiger charge is -2.30. The highest BCUT2D eigenvalue weighted by Crippen LogP contribution is 2.22. The molecule has 1 fully saturated rings. The van der Waals surface area contributed by atoms with Crippen LogP contribution in [-0.4, -0.2) is 40.9 Å². The van der Waals surface area contributed by atoms with E-state index in [0.717, 1.165) is 28.8 Å². The van der Waals surface area contributed by atoms with Gasteiger partial charge in [0.15, 0.2) is 0 Å². The summed E-state index contributed by atoms with van der Waals surface area (Å²) in [7, 11) is 0. The van der Waals surface area contributed by atoms with Crippen LogP contribution >= 0.6 is 27.7 Å². The van der Waals surface area contributed by atoms with Crippen molar-refractivity contribution in [1.29, 1.82) is 0 Å². The molecule has 1 N–H and O–H groups in total. The van der Waals surface area contributed by atoms with Crippen LogP contribution in [0.15, 0.2) is 33.6 Å². The number of aliphatic hydroxyl groups is 1. The minimum absolute atomic E-state index is 0.110. The Labute approximate surface area is 120 Å². The summed E-state index contributed by atoms with van der Waals surface area (Å²) in [6.07, 6.45) is 1.36. The van der Waals surface area contributed by atoms with Crippen LogP contribution in [-0.2, 0) is 4.79 Å². The van der Waals surface area contributed by atoms with Gasteiger partial charge in [0.2, 0.25) is 5.91 Å². The molecule has 1 heterocycles. The third kappa shape index (κ3) is 4.00. The zero-order chi connectivity index (χ0) is 13.0. The number of carbonyl (C=O) groups excluding carboxylic acids is 1. The van der Waals surface area contributed by atoms with Crippen molar-refractivity contribution in [3.8, 4) is 0 Å². The molecule has 0 saturated carbocycles. The number of benzene rings is 1. The monoisotopic (exact) mass is 329 g/mol. The van der Waals surface area contributed by atoms with Gasteiger partial charge < -0.3 is 10.0 Å². The molecule has 0 unspecified atom stereocenters. The second-order valence-electron chi connectivity index (χ2n) is 4.38. The third-order valence-electron chi connectivity index (χ3n) is 2.91. The van der Waals surface area contributed by atoms with E-state index in [1.807, 2.05) is 24.3 Å². The second-order valence-corrected chi connectivity index (χ2v) is 6.35. The molecular weight excluding hydrogens is 314 g/mol. The molecule has 1 atom stereocenters. The molecule has 1 aromatic carbocycles. The van der Waals surface area contributed by atoms with Gasteiger partial charge in [-0.3, -0.25) is 4.79 Å². The van der Waals surface area contributed by atoms with Gasteiger partial charge in [-0.1, -0.05) is 22.0 Å². The summed E-state index contributed by atoms with van der Waals surface area (Å²) < 4.78 is 1.02. The quantitative estimate of drug-likeness (QED) is 0.866. The van der Waals surface area contributed by atoms with E-state index in [0.29, 0.717) is 12.3 Å². The van der Waals surface area contributed by atoms with Gasteiger partial charge in [0, 0.05) is 22.5 Å². The highest BCUT2D eigenvalue weighted by Gasteiger charge is 2.21. The van der Waals surface area contributed by atoms with Crippen molar-refractivity contribution in [3.05, 3.63) is 28.7 Å². The molecule has 2 rings (SSSR count). The molecule has 0 spiro atoms. The van der Waals surface area contributed by atoms with E-state index in [9.17, 15) is 9.90 Å². The number of piperidine rings is 1. The summed E-state index contributed by atoms with van der Waals surface area (Å²) in [4.78, 5) is 14.8. The van der Waals surface area contributed by atoms with Crippen LogP contribution in [0.4, 0.5) is 0 Å². The first-order valence-corrected chi connectivity index (χ1v) is 7.77. The van der Waals surface area contributed by atoms with Crippen LogP contribution in [0.3, 0.4) is 0 Å². The first-order chi connectivity index (χ1) is 8.65. The summed E-state index contributed by atoms with van der Waals surface area (Å²) >= 11 is 4.95. The van der Waals surface area contributed by atoms with Crippen molar-refractivity contribution < 1.29 is 9.90 Å². The fraction of sp³-hybridized carbons (Fsp3) is 0.462. The standard InChI is InChI=1S/C13H16BrNO2S/c14-10-3-1-5-12(7-10)18-9-13(17)15-6-2-4-11(16)8-15/h1,3,5,7,11,16H,2,4,6,8-9H2/t11-/m0/s1. The van der Waals surface area contributed by atoms with Crippen molar-refractivity contribution in [2.45, 2.75) is 23.8 Å². The molecular formula is C13H16BrNO2S. The number of hydrogen-bond acceptors (Lipinski definition) is 3. The van der Waals surface area contributed by atoms with E-state index in [4.69, 9.17) is 0 Å². The largest absolute Gasteiger partial charge is 0.391 e. The number of likely N-dealkylation sites (tertiary alicyclic amines) is 1. The summed E-state index contributed by atoms with van der Waals surface area (Å²) in [5.74, 6) is 0.544. The number of amides is 1. The van der Waals surface area contributed by atoms with E-state index >= 15 is 0 Å². The zero-order valence-electron chi connectivity index (χ0n) is 10.0. The Bertz CT molecular complexity index is 427.